The van der Waals surface area contributed by atoms with Crippen LogP contribution in [0.1, 0.15) is 52.9 Å². The lowest BCUT2D eigenvalue weighted by Gasteiger charge is -2.60. The Hall–Kier alpha value is -0.770. The van der Waals surface area contributed by atoms with Crippen LogP contribution in [0.4, 0.5) is 4.79 Å². The molecule has 4 nitrogen and oxygen atoms in total. The second kappa shape index (κ2) is 3.87. The van der Waals surface area contributed by atoms with Gasteiger partial charge in [-0.05, 0) is 58.4 Å². The van der Waals surface area contributed by atoms with E-state index in [1.165, 1.54) is 6.42 Å². The molecule has 0 aromatic heterocycles. The van der Waals surface area contributed by atoms with Gasteiger partial charge >= 0.3 is 6.09 Å². The molecule has 0 aromatic rings. The van der Waals surface area contributed by atoms with Crippen LogP contribution in [0.2, 0.25) is 0 Å². The van der Waals surface area contributed by atoms with E-state index in [0.29, 0.717) is 5.41 Å². The fraction of sp³-hybridized carbons (Fsp3) is 0.923. The van der Waals surface area contributed by atoms with Crippen LogP contribution in [0.3, 0.4) is 0 Å². The monoisotopic (exact) mass is 240 g/mol. The molecule has 0 radical (unpaired) electrons. The number of amides is 1. The lowest BCUT2D eigenvalue weighted by molar-refractivity contribution is -0.0498. The van der Waals surface area contributed by atoms with Crippen LogP contribution in [-0.4, -0.2) is 23.8 Å². The molecular formula is C13H24N2O2. The summed E-state index contributed by atoms with van der Waals surface area (Å²) in [6.45, 7) is 6.40. The maximum absolute atomic E-state index is 11.8. The number of nitrogens with two attached hydrogens (primary N) is 1. The second-order valence-corrected chi connectivity index (χ2v) is 6.82. The van der Waals surface area contributed by atoms with Crippen molar-refractivity contribution < 1.29 is 9.53 Å². The smallest absolute Gasteiger partial charge is 0.408 e. The van der Waals surface area contributed by atoms with E-state index < -0.39 is 5.60 Å². The summed E-state index contributed by atoms with van der Waals surface area (Å²) in [6, 6.07) is 0. The Morgan fingerprint density at radius 1 is 1.35 bits per heavy atom. The molecule has 0 atom stereocenters. The molecular weight excluding hydrogens is 216 g/mol. The number of nitrogens with one attached hydrogen (secondary N) is 1. The standard InChI is InChI=1S/C13H24N2O2/c1-11(2,3)17-10(16)15-13-6-4-5-12(7-13,8-13)9-14/h4-9,14H2,1-3H3,(H,15,16). The molecule has 3 fully saturated rings. The third-order valence-electron chi connectivity index (χ3n) is 3.99. The zero-order chi connectivity index (χ0) is 12.7. The first-order chi connectivity index (χ1) is 7.78. The number of rotatable bonds is 2. The van der Waals surface area contributed by atoms with Gasteiger partial charge in [0.15, 0.2) is 0 Å². The summed E-state index contributed by atoms with van der Waals surface area (Å²) in [4.78, 5) is 11.8. The Labute approximate surface area is 103 Å². The van der Waals surface area contributed by atoms with Gasteiger partial charge in [-0.15, -0.1) is 0 Å². The summed E-state index contributed by atoms with van der Waals surface area (Å²) in [6.07, 6.45) is 5.19. The maximum atomic E-state index is 11.8. The van der Waals surface area contributed by atoms with Crippen LogP contribution in [0.25, 0.3) is 0 Å². The number of hydrogen-bond donors (Lipinski definition) is 2. The van der Waals surface area contributed by atoms with Gasteiger partial charge in [-0.25, -0.2) is 4.79 Å². The van der Waals surface area contributed by atoms with Crippen molar-refractivity contribution in [3.05, 3.63) is 0 Å². The molecule has 3 aliphatic carbocycles. The molecule has 2 bridgehead atoms. The number of carbonyl (C=O) groups excluding carboxylic acids is 1. The predicted octanol–water partition coefficient (Wildman–Crippen LogP) is 2.17. The fourth-order valence-electron chi connectivity index (χ4n) is 3.46. The SMILES string of the molecule is CC(C)(C)OC(=O)NC12CCCC(CN)(C1)C2. The van der Waals surface area contributed by atoms with Crippen molar-refractivity contribution >= 4 is 6.09 Å². The minimum atomic E-state index is -0.426. The summed E-state index contributed by atoms with van der Waals surface area (Å²) < 4.78 is 5.32. The van der Waals surface area contributed by atoms with Crippen molar-refractivity contribution in [3.8, 4) is 0 Å². The average Bonchev–Trinajstić information content (AvgIpc) is 2.13. The first-order valence-electron chi connectivity index (χ1n) is 6.50. The maximum Gasteiger partial charge on any atom is 0.408 e. The van der Waals surface area contributed by atoms with Gasteiger partial charge < -0.3 is 15.8 Å². The summed E-state index contributed by atoms with van der Waals surface area (Å²) in [7, 11) is 0. The van der Waals surface area contributed by atoms with Gasteiger partial charge in [0.25, 0.3) is 0 Å². The van der Waals surface area contributed by atoms with E-state index in [4.69, 9.17) is 10.5 Å². The number of fused-ring (bicyclic) bond motifs is 2. The zero-order valence-electron chi connectivity index (χ0n) is 11.1. The normalized spacial score (nSPS) is 36.0. The first kappa shape index (κ1) is 12.7. The Kier molecular flexibility index (Phi) is 2.89. The molecule has 0 heterocycles. The van der Waals surface area contributed by atoms with Crippen molar-refractivity contribution in [2.75, 3.05) is 6.54 Å². The van der Waals surface area contributed by atoms with Gasteiger partial charge in [0.2, 0.25) is 0 Å². The Morgan fingerprint density at radius 3 is 2.53 bits per heavy atom. The lowest BCUT2D eigenvalue weighted by atomic mass is 9.50. The fourth-order valence-corrected chi connectivity index (χ4v) is 3.46. The number of hydrogen-bond acceptors (Lipinski definition) is 3. The molecule has 4 heteroatoms. The minimum Gasteiger partial charge on any atom is -0.444 e. The minimum absolute atomic E-state index is 0.0278. The molecule has 3 saturated carbocycles. The van der Waals surface area contributed by atoms with E-state index in [-0.39, 0.29) is 11.6 Å². The van der Waals surface area contributed by atoms with E-state index >= 15 is 0 Å². The summed E-state index contributed by atoms with van der Waals surface area (Å²) in [5.41, 5.74) is 5.67. The molecule has 98 valence electrons. The highest BCUT2D eigenvalue weighted by Crippen LogP contribution is 2.57. The molecule has 17 heavy (non-hydrogen) atoms. The van der Waals surface area contributed by atoms with Crippen LogP contribution in [0.15, 0.2) is 0 Å². The van der Waals surface area contributed by atoms with Crippen LogP contribution in [0.5, 0.6) is 0 Å². The van der Waals surface area contributed by atoms with Crippen molar-refractivity contribution in [3.63, 3.8) is 0 Å². The number of carbonyl (C=O) groups is 1. The summed E-state index contributed by atoms with van der Waals surface area (Å²) in [5.74, 6) is 0. The summed E-state index contributed by atoms with van der Waals surface area (Å²) >= 11 is 0. The first-order valence-corrected chi connectivity index (χ1v) is 6.50. The van der Waals surface area contributed by atoms with Crippen LogP contribution < -0.4 is 11.1 Å². The Bertz CT molecular complexity index is 314. The third-order valence-corrected chi connectivity index (χ3v) is 3.99. The van der Waals surface area contributed by atoms with Crippen molar-refractivity contribution in [1.82, 2.24) is 5.32 Å². The van der Waals surface area contributed by atoms with Crippen molar-refractivity contribution in [2.24, 2.45) is 11.1 Å². The largest absolute Gasteiger partial charge is 0.444 e. The van der Waals surface area contributed by atoms with Gasteiger partial charge in [0, 0.05) is 5.54 Å². The highest BCUT2D eigenvalue weighted by atomic mass is 16.6. The molecule has 3 rings (SSSR count). The molecule has 0 unspecified atom stereocenters. The second-order valence-electron chi connectivity index (χ2n) is 6.82. The molecule has 0 aliphatic heterocycles. The number of ether oxygens (including phenoxy) is 1. The van der Waals surface area contributed by atoms with E-state index in [0.717, 1.165) is 32.2 Å². The van der Waals surface area contributed by atoms with Gasteiger partial charge in [-0.1, -0.05) is 6.42 Å². The highest BCUT2D eigenvalue weighted by Gasteiger charge is 2.57. The van der Waals surface area contributed by atoms with Gasteiger partial charge in [-0.2, -0.15) is 0 Å². The van der Waals surface area contributed by atoms with Gasteiger partial charge in [0.05, 0.1) is 0 Å². The Balaban J connectivity index is 1.90. The predicted molar refractivity (Wildman–Crippen MR) is 66.7 cm³/mol. The van der Waals surface area contributed by atoms with Crippen molar-refractivity contribution in [1.29, 1.82) is 0 Å². The van der Waals surface area contributed by atoms with Gasteiger partial charge in [-0.3, -0.25) is 0 Å². The number of alkyl carbamates (subject to hydrolysis) is 1. The van der Waals surface area contributed by atoms with Crippen LogP contribution in [-0.2, 0) is 4.74 Å². The van der Waals surface area contributed by atoms with E-state index in [1.807, 2.05) is 20.8 Å². The van der Waals surface area contributed by atoms with E-state index in [2.05, 4.69) is 5.32 Å². The van der Waals surface area contributed by atoms with Crippen LogP contribution >= 0.6 is 0 Å². The summed E-state index contributed by atoms with van der Waals surface area (Å²) in [5, 5.41) is 3.06. The average molecular weight is 240 g/mol. The van der Waals surface area contributed by atoms with E-state index in [1.54, 1.807) is 0 Å². The molecule has 3 aliphatic rings. The van der Waals surface area contributed by atoms with Crippen LogP contribution in [0, 0.1) is 5.41 Å². The Morgan fingerprint density at radius 2 is 2.00 bits per heavy atom. The van der Waals surface area contributed by atoms with Crippen molar-refractivity contribution in [2.45, 2.75) is 64.0 Å². The lowest BCUT2D eigenvalue weighted by Crippen LogP contribution is -2.66. The molecule has 0 saturated heterocycles. The van der Waals surface area contributed by atoms with E-state index in [9.17, 15) is 4.79 Å². The highest BCUT2D eigenvalue weighted by molar-refractivity contribution is 5.69. The molecule has 0 aromatic carbocycles. The molecule has 1 amide bonds. The topological polar surface area (TPSA) is 64.3 Å². The third kappa shape index (κ3) is 2.57. The molecule has 3 N–H and O–H groups in total. The zero-order valence-corrected chi connectivity index (χ0v) is 11.1. The van der Waals surface area contributed by atoms with Gasteiger partial charge in [0.1, 0.15) is 5.60 Å². The quantitative estimate of drug-likeness (QED) is 0.777. The molecule has 0 spiro atoms.